The lowest BCUT2D eigenvalue weighted by Crippen LogP contribution is -2.13. The number of aryl methyl sites for hydroxylation is 3. The standard InChI is InChI=1S/C18H18F3N5O2/c1-11-4-5-15(12(2)6-11)28-10-26-9-13(8-22-26)23-17(27)14-7-16(18(19,20)21)25(3)24-14/h4-9H,10H2,1-3H3,(H,23,27). The zero-order valence-electron chi connectivity index (χ0n) is 15.4. The molecule has 7 nitrogen and oxygen atoms in total. The average Bonchev–Trinajstić information content (AvgIpc) is 3.20. The Labute approximate surface area is 158 Å². The molecule has 0 aliphatic carbocycles. The Morgan fingerprint density at radius 3 is 2.64 bits per heavy atom. The van der Waals surface area contributed by atoms with Crippen LogP contribution in [0, 0.1) is 13.8 Å². The number of anilines is 1. The van der Waals surface area contributed by atoms with Crippen molar-refractivity contribution in [2.75, 3.05) is 5.32 Å². The Kier molecular flexibility index (Phi) is 5.12. The van der Waals surface area contributed by atoms with Crippen LogP contribution in [0.2, 0.25) is 0 Å². The van der Waals surface area contributed by atoms with Gasteiger partial charge in [0, 0.05) is 13.1 Å². The predicted molar refractivity (Wildman–Crippen MR) is 94.9 cm³/mol. The number of halogens is 3. The van der Waals surface area contributed by atoms with Crippen molar-refractivity contribution in [1.82, 2.24) is 19.6 Å². The van der Waals surface area contributed by atoms with Crippen LogP contribution in [0.1, 0.15) is 27.3 Å². The molecule has 10 heteroatoms. The van der Waals surface area contributed by atoms with Gasteiger partial charge in [-0.3, -0.25) is 9.48 Å². The van der Waals surface area contributed by atoms with Crippen LogP contribution >= 0.6 is 0 Å². The molecule has 0 aliphatic heterocycles. The molecule has 0 bridgehead atoms. The zero-order chi connectivity index (χ0) is 20.5. The Hall–Kier alpha value is -3.30. The van der Waals surface area contributed by atoms with Gasteiger partial charge in [0.15, 0.2) is 12.4 Å². The normalized spacial score (nSPS) is 11.5. The lowest BCUT2D eigenvalue weighted by molar-refractivity contribution is -0.143. The summed E-state index contributed by atoms with van der Waals surface area (Å²) in [5.41, 5.74) is 1.08. The molecule has 0 unspecified atom stereocenters. The first-order chi connectivity index (χ1) is 13.1. The number of ether oxygens (including phenoxy) is 1. The fraction of sp³-hybridized carbons (Fsp3) is 0.278. The summed E-state index contributed by atoms with van der Waals surface area (Å²) in [5.74, 6) is -0.0548. The summed E-state index contributed by atoms with van der Waals surface area (Å²) in [6, 6.07) is 6.48. The number of rotatable bonds is 5. The highest BCUT2D eigenvalue weighted by Crippen LogP contribution is 2.29. The topological polar surface area (TPSA) is 74.0 Å². The van der Waals surface area contributed by atoms with E-state index in [1.54, 1.807) is 0 Å². The molecule has 0 saturated carbocycles. The highest BCUT2D eigenvalue weighted by Gasteiger charge is 2.35. The monoisotopic (exact) mass is 393 g/mol. The summed E-state index contributed by atoms with van der Waals surface area (Å²) in [7, 11) is 1.13. The highest BCUT2D eigenvalue weighted by molar-refractivity contribution is 6.02. The van der Waals surface area contributed by atoms with Gasteiger partial charge in [0.1, 0.15) is 11.4 Å². The van der Waals surface area contributed by atoms with E-state index in [-0.39, 0.29) is 12.4 Å². The second-order valence-corrected chi connectivity index (χ2v) is 6.30. The van der Waals surface area contributed by atoms with Crippen molar-refractivity contribution < 1.29 is 22.7 Å². The minimum absolute atomic E-state index is 0.113. The van der Waals surface area contributed by atoms with E-state index in [9.17, 15) is 18.0 Å². The fourth-order valence-corrected chi connectivity index (χ4v) is 2.63. The maximum absolute atomic E-state index is 12.8. The number of alkyl halides is 3. The number of amides is 1. The first-order valence-electron chi connectivity index (χ1n) is 8.28. The molecule has 0 fully saturated rings. The number of benzene rings is 1. The van der Waals surface area contributed by atoms with Crippen molar-refractivity contribution in [2.45, 2.75) is 26.8 Å². The predicted octanol–water partition coefficient (Wildman–Crippen LogP) is 3.54. The van der Waals surface area contributed by atoms with Crippen molar-refractivity contribution >= 4 is 11.6 Å². The number of hydrogen-bond acceptors (Lipinski definition) is 4. The smallest absolute Gasteiger partial charge is 0.433 e. The highest BCUT2D eigenvalue weighted by atomic mass is 19.4. The van der Waals surface area contributed by atoms with Crippen molar-refractivity contribution in [3.05, 3.63) is 59.2 Å². The van der Waals surface area contributed by atoms with Crippen molar-refractivity contribution in [3.63, 3.8) is 0 Å². The van der Waals surface area contributed by atoms with Crippen LogP contribution in [-0.4, -0.2) is 25.5 Å². The third-order valence-electron chi connectivity index (χ3n) is 3.98. The first-order valence-corrected chi connectivity index (χ1v) is 8.28. The van der Waals surface area contributed by atoms with Crippen molar-refractivity contribution in [2.24, 2.45) is 7.05 Å². The van der Waals surface area contributed by atoms with E-state index in [0.29, 0.717) is 22.2 Å². The first kappa shape index (κ1) is 19.5. The maximum Gasteiger partial charge on any atom is 0.433 e. The van der Waals surface area contributed by atoms with E-state index in [2.05, 4.69) is 15.5 Å². The summed E-state index contributed by atoms with van der Waals surface area (Å²) in [5, 5.41) is 10.1. The second-order valence-electron chi connectivity index (χ2n) is 6.30. The lowest BCUT2D eigenvalue weighted by Gasteiger charge is -2.09. The number of aromatic nitrogens is 4. The molecule has 1 N–H and O–H groups in total. The van der Waals surface area contributed by atoms with Gasteiger partial charge in [0.25, 0.3) is 5.91 Å². The van der Waals surface area contributed by atoms with Crippen LogP contribution in [0.4, 0.5) is 18.9 Å². The Morgan fingerprint density at radius 1 is 1.25 bits per heavy atom. The van der Waals surface area contributed by atoms with Gasteiger partial charge in [0.2, 0.25) is 0 Å². The number of nitrogens with one attached hydrogen (secondary N) is 1. The van der Waals surface area contributed by atoms with Crippen LogP contribution < -0.4 is 10.1 Å². The number of hydrogen-bond donors (Lipinski definition) is 1. The van der Waals surface area contributed by atoms with Gasteiger partial charge in [-0.2, -0.15) is 23.4 Å². The van der Waals surface area contributed by atoms with Crippen molar-refractivity contribution in [1.29, 1.82) is 0 Å². The molecule has 3 aromatic rings. The number of carbonyl (C=O) groups is 1. The van der Waals surface area contributed by atoms with E-state index in [4.69, 9.17) is 4.74 Å². The van der Waals surface area contributed by atoms with Crippen LogP contribution in [0.15, 0.2) is 36.7 Å². The molecule has 2 aromatic heterocycles. The Morgan fingerprint density at radius 2 is 2.00 bits per heavy atom. The van der Waals surface area contributed by atoms with Crippen LogP contribution in [0.25, 0.3) is 0 Å². The average molecular weight is 393 g/mol. The van der Waals surface area contributed by atoms with Crippen molar-refractivity contribution in [3.8, 4) is 5.75 Å². The molecule has 2 heterocycles. The molecule has 0 saturated heterocycles. The largest absolute Gasteiger partial charge is 0.471 e. The molecule has 0 spiro atoms. The Balaban J connectivity index is 1.63. The minimum Gasteiger partial charge on any atom is -0.471 e. The quantitative estimate of drug-likeness (QED) is 0.720. The second kappa shape index (κ2) is 7.37. The summed E-state index contributed by atoms with van der Waals surface area (Å²) >= 11 is 0. The van der Waals surface area contributed by atoms with Gasteiger partial charge < -0.3 is 10.1 Å². The molecule has 148 valence electrons. The minimum atomic E-state index is -4.59. The number of carbonyl (C=O) groups excluding carboxylic acids is 1. The molecule has 0 radical (unpaired) electrons. The zero-order valence-corrected chi connectivity index (χ0v) is 15.4. The fourth-order valence-electron chi connectivity index (χ4n) is 2.63. The molecule has 3 rings (SSSR count). The van der Waals surface area contributed by atoms with E-state index in [1.165, 1.54) is 17.1 Å². The third kappa shape index (κ3) is 4.33. The van der Waals surface area contributed by atoms with E-state index in [0.717, 1.165) is 18.2 Å². The summed E-state index contributed by atoms with van der Waals surface area (Å²) in [4.78, 5) is 12.1. The van der Waals surface area contributed by atoms with Gasteiger partial charge in [-0.05, 0) is 25.5 Å². The van der Waals surface area contributed by atoms with Crippen LogP contribution in [0.5, 0.6) is 5.75 Å². The lowest BCUT2D eigenvalue weighted by atomic mass is 10.1. The third-order valence-corrected chi connectivity index (χ3v) is 3.98. The van der Waals surface area contributed by atoms with Crippen LogP contribution in [-0.2, 0) is 20.0 Å². The van der Waals surface area contributed by atoms with Gasteiger partial charge in [0.05, 0.1) is 18.1 Å². The number of nitrogens with zero attached hydrogens (tertiary/aromatic N) is 4. The molecule has 28 heavy (non-hydrogen) atoms. The summed E-state index contributed by atoms with van der Waals surface area (Å²) < 4.78 is 46.2. The molecule has 0 aliphatic rings. The molecule has 1 aromatic carbocycles. The molecular formula is C18H18F3N5O2. The molecule has 0 atom stereocenters. The molecular weight excluding hydrogens is 375 g/mol. The van der Waals surface area contributed by atoms with Gasteiger partial charge in [-0.1, -0.05) is 17.7 Å². The molecule has 1 amide bonds. The summed E-state index contributed by atoms with van der Waals surface area (Å²) in [6.07, 6.45) is -1.71. The van der Waals surface area contributed by atoms with Gasteiger partial charge in [-0.15, -0.1) is 0 Å². The van der Waals surface area contributed by atoms with E-state index in [1.807, 2.05) is 32.0 Å². The maximum atomic E-state index is 12.8. The summed E-state index contributed by atoms with van der Waals surface area (Å²) in [6.45, 7) is 4.03. The van der Waals surface area contributed by atoms with Gasteiger partial charge >= 0.3 is 6.18 Å². The SMILES string of the molecule is Cc1ccc(OCn2cc(NC(=O)c3cc(C(F)(F)F)n(C)n3)cn2)c(C)c1. The van der Waals surface area contributed by atoms with E-state index >= 15 is 0 Å². The Bertz CT molecular complexity index is 1010. The van der Waals surface area contributed by atoms with Gasteiger partial charge in [-0.25, -0.2) is 4.68 Å². The van der Waals surface area contributed by atoms with E-state index < -0.39 is 17.8 Å². The van der Waals surface area contributed by atoms with Crippen LogP contribution in [0.3, 0.4) is 0 Å².